The van der Waals surface area contributed by atoms with Crippen LogP contribution < -0.4 is 0 Å². The van der Waals surface area contributed by atoms with Gasteiger partial charge in [-0.25, -0.2) is 4.79 Å². The first-order valence-electron chi connectivity index (χ1n) is 3.94. The van der Waals surface area contributed by atoms with Crippen molar-refractivity contribution in [2.75, 3.05) is 7.11 Å². The van der Waals surface area contributed by atoms with Crippen LogP contribution in [0.3, 0.4) is 0 Å². The van der Waals surface area contributed by atoms with E-state index in [1.165, 1.54) is 13.2 Å². The van der Waals surface area contributed by atoms with E-state index in [1.807, 2.05) is 0 Å². The molecule has 0 bridgehead atoms. The number of esters is 1. The van der Waals surface area contributed by atoms with Gasteiger partial charge in [0, 0.05) is 6.08 Å². The van der Waals surface area contributed by atoms with Crippen molar-refractivity contribution in [1.82, 2.24) is 0 Å². The van der Waals surface area contributed by atoms with Gasteiger partial charge >= 0.3 is 5.97 Å². The summed E-state index contributed by atoms with van der Waals surface area (Å²) in [6, 6.07) is 5.16. The Bertz CT molecular complexity index is 409. The number of hydrogen-bond acceptors (Lipinski definition) is 4. The molecule has 0 amide bonds. The predicted molar refractivity (Wildman–Crippen MR) is 49.1 cm³/mol. The van der Waals surface area contributed by atoms with Crippen molar-refractivity contribution in [3.05, 3.63) is 29.2 Å². The van der Waals surface area contributed by atoms with Gasteiger partial charge in [-0.2, -0.15) is 5.26 Å². The van der Waals surface area contributed by atoms with Gasteiger partial charge in [0.1, 0.15) is 23.2 Å². The molecule has 0 radical (unpaired) electrons. The lowest BCUT2D eigenvalue weighted by Gasteiger charge is -1.93. The molecule has 0 fully saturated rings. The van der Waals surface area contributed by atoms with Crippen LogP contribution in [-0.4, -0.2) is 13.1 Å². The average Bonchev–Trinajstić information content (AvgIpc) is 2.59. The molecule has 0 N–H and O–H groups in total. The highest BCUT2D eigenvalue weighted by Crippen LogP contribution is 2.11. The molecule has 1 rings (SSSR count). The average molecular weight is 191 g/mol. The van der Waals surface area contributed by atoms with E-state index in [9.17, 15) is 4.79 Å². The van der Waals surface area contributed by atoms with Crippen LogP contribution in [0.1, 0.15) is 11.5 Å². The van der Waals surface area contributed by atoms with E-state index < -0.39 is 5.97 Å². The maximum Gasteiger partial charge on any atom is 0.348 e. The zero-order valence-corrected chi connectivity index (χ0v) is 7.90. The van der Waals surface area contributed by atoms with Crippen LogP contribution in [0.2, 0.25) is 0 Å². The third kappa shape index (κ3) is 2.23. The number of rotatable bonds is 2. The van der Waals surface area contributed by atoms with E-state index in [0.717, 1.165) is 5.76 Å². The summed E-state index contributed by atoms with van der Waals surface area (Å²) in [5, 5.41) is 8.63. The maximum absolute atomic E-state index is 11.0. The Labute approximate surface area is 81.4 Å². The van der Waals surface area contributed by atoms with Crippen LogP contribution in [0.15, 0.2) is 22.1 Å². The van der Waals surface area contributed by atoms with Crippen molar-refractivity contribution in [3.8, 4) is 6.07 Å². The van der Waals surface area contributed by atoms with E-state index >= 15 is 0 Å². The van der Waals surface area contributed by atoms with E-state index in [4.69, 9.17) is 9.68 Å². The first-order valence-corrected chi connectivity index (χ1v) is 3.94. The SMILES string of the molecule is COC(=O)/C(C#N)=C/c1ccc(C)o1. The monoisotopic (exact) mass is 191 g/mol. The molecule has 14 heavy (non-hydrogen) atoms. The van der Waals surface area contributed by atoms with Crippen molar-refractivity contribution < 1.29 is 13.9 Å². The van der Waals surface area contributed by atoms with E-state index in [-0.39, 0.29) is 5.57 Å². The number of hydrogen-bond donors (Lipinski definition) is 0. The highest BCUT2D eigenvalue weighted by molar-refractivity contribution is 5.97. The summed E-state index contributed by atoms with van der Waals surface area (Å²) in [6.45, 7) is 1.78. The van der Waals surface area contributed by atoms with Gasteiger partial charge in [-0.1, -0.05) is 0 Å². The van der Waals surface area contributed by atoms with Crippen LogP contribution in [0.4, 0.5) is 0 Å². The topological polar surface area (TPSA) is 63.2 Å². The summed E-state index contributed by atoms with van der Waals surface area (Å²) in [7, 11) is 1.22. The van der Waals surface area contributed by atoms with Gasteiger partial charge in [0.25, 0.3) is 0 Å². The maximum atomic E-state index is 11.0. The molecule has 1 heterocycles. The quantitative estimate of drug-likeness (QED) is 0.405. The summed E-state index contributed by atoms with van der Waals surface area (Å²) < 4.78 is 9.59. The number of methoxy groups -OCH3 is 1. The highest BCUT2D eigenvalue weighted by Gasteiger charge is 2.09. The second-order valence-corrected chi connectivity index (χ2v) is 2.61. The van der Waals surface area contributed by atoms with Crippen molar-refractivity contribution in [2.45, 2.75) is 6.92 Å². The summed E-state index contributed by atoms with van der Waals surface area (Å²) in [6.07, 6.45) is 1.35. The minimum absolute atomic E-state index is 0.0816. The molecule has 0 aliphatic rings. The molecule has 0 aromatic carbocycles. The fourth-order valence-corrected chi connectivity index (χ4v) is 0.920. The molecule has 0 unspecified atom stereocenters. The summed E-state index contributed by atoms with van der Waals surface area (Å²) in [5.41, 5.74) is -0.0816. The van der Waals surface area contributed by atoms with Gasteiger partial charge in [-0.05, 0) is 19.1 Å². The number of carbonyl (C=O) groups excluding carboxylic acids is 1. The molecule has 1 aromatic rings. The smallest absolute Gasteiger partial charge is 0.348 e. The van der Waals surface area contributed by atoms with E-state index in [1.54, 1.807) is 25.1 Å². The third-order valence-corrected chi connectivity index (χ3v) is 1.57. The molecule has 0 spiro atoms. The van der Waals surface area contributed by atoms with E-state index in [0.29, 0.717) is 5.76 Å². The second-order valence-electron chi connectivity index (χ2n) is 2.61. The number of nitrogens with zero attached hydrogens (tertiary/aromatic N) is 1. The molecule has 1 aromatic heterocycles. The van der Waals surface area contributed by atoms with Crippen LogP contribution in [-0.2, 0) is 9.53 Å². The molecular formula is C10H9NO3. The van der Waals surface area contributed by atoms with Gasteiger partial charge in [0.15, 0.2) is 0 Å². The number of nitriles is 1. The summed E-state index contributed by atoms with van der Waals surface area (Å²) in [5.74, 6) is 0.518. The van der Waals surface area contributed by atoms with Crippen molar-refractivity contribution in [3.63, 3.8) is 0 Å². The highest BCUT2D eigenvalue weighted by atomic mass is 16.5. The van der Waals surface area contributed by atoms with Crippen LogP contribution in [0, 0.1) is 18.3 Å². The lowest BCUT2D eigenvalue weighted by Crippen LogP contribution is -2.02. The summed E-state index contributed by atoms with van der Waals surface area (Å²) >= 11 is 0. The lowest BCUT2D eigenvalue weighted by atomic mass is 10.2. The zero-order valence-electron chi connectivity index (χ0n) is 7.90. The first kappa shape index (κ1) is 10.1. The normalized spacial score (nSPS) is 10.8. The van der Waals surface area contributed by atoms with Gasteiger partial charge in [-0.3, -0.25) is 0 Å². The van der Waals surface area contributed by atoms with Gasteiger partial charge in [0.2, 0.25) is 0 Å². The molecule has 4 heteroatoms. The van der Waals surface area contributed by atoms with Crippen molar-refractivity contribution in [2.24, 2.45) is 0 Å². The zero-order chi connectivity index (χ0) is 10.6. The van der Waals surface area contributed by atoms with Crippen LogP contribution >= 0.6 is 0 Å². The predicted octanol–water partition coefficient (Wildman–Crippen LogP) is 1.67. The van der Waals surface area contributed by atoms with Crippen molar-refractivity contribution >= 4 is 12.0 Å². The minimum Gasteiger partial charge on any atom is -0.465 e. The minimum atomic E-state index is -0.665. The standard InChI is InChI=1S/C10H9NO3/c1-7-3-4-9(14-7)5-8(6-11)10(12)13-2/h3-5H,1-2H3/b8-5+. The molecule has 0 atom stereocenters. The van der Waals surface area contributed by atoms with Crippen LogP contribution in [0.25, 0.3) is 6.08 Å². The number of aryl methyl sites for hydroxylation is 1. The molecule has 0 saturated carbocycles. The molecule has 0 aliphatic heterocycles. The third-order valence-electron chi connectivity index (χ3n) is 1.57. The fraction of sp³-hybridized carbons (Fsp3) is 0.200. The molecule has 0 saturated heterocycles. The number of furan rings is 1. The fourth-order valence-electron chi connectivity index (χ4n) is 0.920. The Morgan fingerprint density at radius 3 is 2.79 bits per heavy atom. The molecule has 4 nitrogen and oxygen atoms in total. The first-order chi connectivity index (χ1) is 6.67. The largest absolute Gasteiger partial charge is 0.465 e. The molecule has 72 valence electrons. The van der Waals surface area contributed by atoms with Crippen LogP contribution in [0.5, 0.6) is 0 Å². The Morgan fingerprint density at radius 2 is 2.36 bits per heavy atom. The van der Waals surface area contributed by atoms with Gasteiger partial charge in [0.05, 0.1) is 7.11 Å². The summed E-state index contributed by atoms with van der Waals surface area (Å²) in [4.78, 5) is 11.0. The van der Waals surface area contributed by atoms with Gasteiger partial charge in [-0.15, -0.1) is 0 Å². The number of carbonyl (C=O) groups is 1. The Morgan fingerprint density at radius 1 is 1.64 bits per heavy atom. The molecule has 0 aliphatic carbocycles. The second kappa shape index (κ2) is 4.28. The Balaban J connectivity index is 2.96. The van der Waals surface area contributed by atoms with Crippen molar-refractivity contribution in [1.29, 1.82) is 5.26 Å². The lowest BCUT2D eigenvalue weighted by molar-refractivity contribution is -0.135. The number of ether oxygens (including phenoxy) is 1. The van der Waals surface area contributed by atoms with E-state index in [2.05, 4.69) is 4.74 Å². The Kier molecular flexibility index (Phi) is 3.08. The Hall–Kier alpha value is -2.02. The molecular weight excluding hydrogens is 182 g/mol. The van der Waals surface area contributed by atoms with Gasteiger partial charge < -0.3 is 9.15 Å².